The average Bonchev–Trinajstić information content (AvgIpc) is 2.66. The van der Waals surface area contributed by atoms with E-state index in [0.717, 1.165) is 16.1 Å². The zero-order valence-electron chi connectivity index (χ0n) is 15.7. The molecule has 0 saturated heterocycles. The van der Waals surface area contributed by atoms with E-state index in [-0.39, 0.29) is 18.3 Å². The van der Waals surface area contributed by atoms with Gasteiger partial charge in [0.05, 0.1) is 31.6 Å². The van der Waals surface area contributed by atoms with Crippen molar-refractivity contribution in [2.75, 3.05) is 24.2 Å². The molecule has 0 unspecified atom stereocenters. The highest BCUT2D eigenvalue weighted by Crippen LogP contribution is 2.37. The summed E-state index contributed by atoms with van der Waals surface area (Å²) in [5.41, 5.74) is 1.12. The van der Waals surface area contributed by atoms with Gasteiger partial charge in [-0.2, -0.15) is 0 Å². The predicted octanol–water partition coefficient (Wildman–Crippen LogP) is 2.75. The molecule has 1 heterocycles. The lowest BCUT2D eigenvalue weighted by Gasteiger charge is -2.34. The Hall–Kier alpha value is -2.45. The Morgan fingerprint density at radius 1 is 1.32 bits per heavy atom. The van der Waals surface area contributed by atoms with Crippen molar-refractivity contribution < 1.29 is 22.7 Å². The number of sulfonamides is 1. The maximum Gasteiger partial charge on any atom is 0.263 e. The lowest BCUT2D eigenvalue weighted by atomic mass is 10.1. The Bertz CT molecular complexity index is 996. The van der Waals surface area contributed by atoms with Crippen molar-refractivity contribution in [2.24, 2.45) is 0 Å². The highest BCUT2D eigenvalue weighted by molar-refractivity contribution is 7.92. The zero-order chi connectivity index (χ0) is 20.5. The summed E-state index contributed by atoms with van der Waals surface area (Å²) in [7, 11) is -2.06. The Morgan fingerprint density at radius 3 is 2.71 bits per heavy atom. The second kappa shape index (κ2) is 7.89. The molecule has 0 bridgehead atoms. The summed E-state index contributed by atoms with van der Waals surface area (Å²) in [5.74, 6) is 0.511. The number of rotatable bonds is 5. The van der Waals surface area contributed by atoms with Crippen molar-refractivity contribution in [3.63, 3.8) is 0 Å². The van der Waals surface area contributed by atoms with Crippen LogP contribution in [0.25, 0.3) is 0 Å². The second-order valence-electron chi connectivity index (χ2n) is 6.48. The van der Waals surface area contributed by atoms with Crippen LogP contribution in [0.1, 0.15) is 18.5 Å². The lowest BCUT2D eigenvalue weighted by Crippen LogP contribution is -2.50. The first-order chi connectivity index (χ1) is 13.2. The zero-order valence-corrected chi connectivity index (χ0v) is 17.3. The number of nitrogens with one attached hydrogen (secondary N) is 1. The molecule has 9 heteroatoms. The summed E-state index contributed by atoms with van der Waals surface area (Å²) in [6.45, 7) is 1.68. The van der Waals surface area contributed by atoms with Gasteiger partial charge in [-0.05, 0) is 31.2 Å². The Labute approximate surface area is 169 Å². The molecule has 7 nitrogen and oxygen atoms in total. The van der Waals surface area contributed by atoms with Crippen molar-refractivity contribution in [1.82, 2.24) is 5.32 Å². The molecule has 28 heavy (non-hydrogen) atoms. The summed E-state index contributed by atoms with van der Waals surface area (Å²) < 4.78 is 36.7. The maximum atomic E-state index is 12.8. The summed E-state index contributed by atoms with van der Waals surface area (Å²) in [4.78, 5) is 12.8. The minimum absolute atomic E-state index is 0.142. The lowest BCUT2D eigenvalue weighted by molar-refractivity contribution is -0.128. The van der Waals surface area contributed by atoms with Gasteiger partial charge in [0.1, 0.15) is 11.5 Å². The number of amides is 1. The van der Waals surface area contributed by atoms with E-state index >= 15 is 0 Å². The fraction of sp³-hybridized carbons (Fsp3) is 0.316. The predicted molar refractivity (Wildman–Crippen MR) is 108 cm³/mol. The van der Waals surface area contributed by atoms with Crippen LogP contribution in [0.3, 0.4) is 0 Å². The summed E-state index contributed by atoms with van der Waals surface area (Å²) in [5, 5.41) is 3.24. The van der Waals surface area contributed by atoms with Gasteiger partial charge in [-0.3, -0.25) is 9.10 Å². The molecule has 0 aliphatic carbocycles. The summed E-state index contributed by atoms with van der Waals surface area (Å²) >= 11 is 5.99. The fourth-order valence-corrected chi connectivity index (χ4v) is 4.16. The maximum absolute atomic E-state index is 12.8. The average molecular weight is 425 g/mol. The molecule has 3 rings (SSSR count). The number of anilines is 1. The molecule has 150 valence electrons. The van der Waals surface area contributed by atoms with Crippen molar-refractivity contribution in [2.45, 2.75) is 19.1 Å². The normalized spacial score (nSPS) is 17.3. The van der Waals surface area contributed by atoms with Crippen LogP contribution in [0.5, 0.6) is 11.5 Å². The number of nitrogens with zero attached hydrogens (tertiary/aromatic N) is 1. The summed E-state index contributed by atoms with van der Waals surface area (Å²) in [6, 6.07) is 11.6. The third kappa shape index (κ3) is 4.18. The number of hydrogen-bond donors (Lipinski definition) is 1. The molecule has 0 spiro atoms. The van der Waals surface area contributed by atoms with E-state index in [1.807, 2.05) is 25.1 Å². The number of fused-ring (bicyclic) bond motifs is 1. The van der Waals surface area contributed by atoms with Crippen LogP contribution in [0, 0.1) is 0 Å². The number of para-hydroxylation sites is 1. The van der Waals surface area contributed by atoms with Crippen LogP contribution in [0.15, 0.2) is 42.5 Å². The monoisotopic (exact) mass is 424 g/mol. The topological polar surface area (TPSA) is 84.9 Å². The number of methoxy groups -OCH3 is 1. The molecule has 0 radical (unpaired) electrons. The molecule has 1 amide bonds. The number of halogens is 1. The van der Waals surface area contributed by atoms with E-state index in [4.69, 9.17) is 21.1 Å². The van der Waals surface area contributed by atoms with E-state index in [2.05, 4.69) is 5.32 Å². The van der Waals surface area contributed by atoms with Crippen LogP contribution < -0.4 is 19.1 Å². The van der Waals surface area contributed by atoms with Gasteiger partial charge in [0.15, 0.2) is 6.10 Å². The molecule has 1 N–H and O–H groups in total. The fourth-order valence-electron chi connectivity index (χ4n) is 3.08. The minimum atomic E-state index is -3.62. The van der Waals surface area contributed by atoms with Gasteiger partial charge in [-0.1, -0.05) is 29.8 Å². The molecular formula is C19H21ClN2O5S. The van der Waals surface area contributed by atoms with Crippen LogP contribution in [-0.4, -0.2) is 40.3 Å². The molecule has 0 saturated carbocycles. The Balaban J connectivity index is 1.84. The smallest absolute Gasteiger partial charge is 0.263 e. The largest absolute Gasteiger partial charge is 0.496 e. The number of hydrogen-bond acceptors (Lipinski definition) is 5. The van der Waals surface area contributed by atoms with Crippen LogP contribution >= 0.6 is 11.6 Å². The summed E-state index contributed by atoms with van der Waals surface area (Å²) in [6.07, 6.45) is 0.0793. The first-order valence-corrected chi connectivity index (χ1v) is 10.8. The van der Waals surface area contributed by atoms with Crippen molar-refractivity contribution in [3.05, 3.63) is 53.1 Å². The Kier molecular flexibility index (Phi) is 5.71. The molecule has 0 fully saturated rings. The van der Waals surface area contributed by atoms with Gasteiger partial charge in [0.2, 0.25) is 10.0 Å². The van der Waals surface area contributed by atoms with Gasteiger partial charge >= 0.3 is 0 Å². The van der Waals surface area contributed by atoms with Gasteiger partial charge in [0.25, 0.3) is 5.91 Å². The van der Waals surface area contributed by atoms with E-state index < -0.39 is 22.0 Å². The van der Waals surface area contributed by atoms with Crippen molar-refractivity contribution in [1.29, 1.82) is 0 Å². The first-order valence-electron chi connectivity index (χ1n) is 8.58. The third-order valence-electron chi connectivity index (χ3n) is 4.45. The number of carbonyl (C=O) groups excluding carboxylic acids is 1. The molecule has 0 aromatic heterocycles. The standard InChI is InChI=1S/C19H21ClN2O5S/c1-12(14-6-4-5-7-16(14)26-2)21-19(23)18-11-22(28(3,24)25)15-10-13(20)8-9-17(15)27-18/h4-10,12,18H,11H2,1-3H3,(H,21,23)/t12-,18+/m1/s1. The van der Waals surface area contributed by atoms with Crippen molar-refractivity contribution in [3.8, 4) is 11.5 Å². The Morgan fingerprint density at radius 2 is 2.04 bits per heavy atom. The van der Waals surface area contributed by atoms with E-state index in [0.29, 0.717) is 16.5 Å². The van der Waals surface area contributed by atoms with Crippen LogP contribution in [0.4, 0.5) is 5.69 Å². The van der Waals surface area contributed by atoms with Crippen LogP contribution in [-0.2, 0) is 14.8 Å². The van der Waals surface area contributed by atoms with E-state index in [1.165, 1.54) is 6.07 Å². The molecule has 2 aromatic rings. The van der Waals surface area contributed by atoms with Crippen LogP contribution in [0.2, 0.25) is 5.02 Å². The molecule has 1 aliphatic heterocycles. The van der Waals surface area contributed by atoms with Crippen molar-refractivity contribution >= 4 is 33.2 Å². The first kappa shape index (κ1) is 20.3. The van der Waals surface area contributed by atoms with Gasteiger partial charge < -0.3 is 14.8 Å². The molecule has 2 atom stereocenters. The highest BCUT2D eigenvalue weighted by atomic mass is 35.5. The third-order valence-corrected chi connectivity index (χ3v) is 5.83. The van der Waals surface area contributed by atoms with Gasteiger partial charge in [-0.15, -0.1) is 0 Å². The number of carbonyl (C=O) groups is 1. The van der Waals surface area contributed by atoms with Gasteiger partial charge in [0, 0.05) is 10.6 Å². The quantitative estimate of drug-likeness (QED) is 0.797. The van der Waals surface area contributed by atoms with Gasteiger partial charge in [-0.25, -0.2) is 8.42 Å². The van der Waals surface area contributed by atoms with E-state index in [1.54, 1.807) is 25.3 Å². The second-order valence-corrected chi connectivity index (χ2v) is 8.83. The highest BCUT2D eigenvalue weighted by Gasteiger charge is 2.35. The minimum Gasteiger partial charge on any atom is -0.496 e. The molecule has 2 aromatic carbocycles. The number of ether oxygens (including phenoxy) is 2. The molecular weight excluding hydrogens is 404 g/mol. The molecule has 1 aliphatic rings. The van der Waals surface area contributed by atoms with E-state index in [9.17, 15) is 13.2 Å². The SMILES string of the molecule is COc1ccccc1[C@@H](C)NC(=O)[C@@H]1CN(S(C)(=O)=O)c2cc(Cl)ccc2O1. The number of benzene rings is 2.